The molecule has 0 unspecified atom stereocenters. The van der Waals surface area contributed by atoms with Gasteiger partial charge in [-0.2, -0.15) is 8.78 Å². The predicted octanol–water partition coefficient (Wildman–Crippen LogP) is 3.47. The van der Waals surface area contributed by atoms with Gasteiger partial charge in [-0.25, -0.2) is 0 Å². The molecule has 8 heteroatoms. The topological polar surface area (TPSA) is 54.9 Å². The summed E-state index contributed by atoms with van der Waals surface area (Å²) < 4.78 is 34.8. The van der Waals surface area contributed by atoms with E-state index in [1.807, 2.05) is 18.2 Å². The number of pyridine rings is 1. The van der Waals surface area contributed by atoms with Crippen LogP contribution in [0.25, 0.3) is 0 Å². The molecule has 0 radical (unpaired) electrons. The molecule has 30 heavy (non-hydrogen) atoms. The second-order valence-electron chi connectivity index (χ2n) is 7.30. The zero-order valence-electron chi connectivity index (χ0n) is 17.3. The van der Waals surface area contributed by atoms with Crippen molar-refractivity contribution in [2.24, 2.45) is 0 Å². The summed E-state index contributed by atoms with van der Waals surface area (Å²) in [6, 6.07) is 10.4. The molecule has 1 aromatic heterocycles. The first-order valence-corrected chi connectivity index (χ1v) is 10.00. The number of piperidine rings is 1. The molecule has 1 saturated heterocycles. The van der Waals surface area contributed by atoms with Gasteiger partial charge in [0.05, 0.1) is 7.11 Å². The summed E-state index contributed by atoms with van der Waals surface area (Å²) in [6.45, 7) is -0.249. The molecule has 0 bridgehead atoms. The molecule has 0 N–H and O–H groups in total. The van der Waals surface area contributed by atoms with Crippen LogP contribution in [-0.2, 0) is 6.42 Å². The van der Waals surface area contributed by atoms with Crippen molar-refractivity contribution in [3.63, 3.8) is 0 Å². The van der Waals surface area contributed by atoms with Gasteiger partial charge in [-0.3, -0.25) is 9.78 Å². The third-order valence-electron chi connectivity index (χ3n) is 5.46. The Balaban J connectivity index is 1.55. The SMILES string of the molecule is COc1ccc(C(=O)N(C)C2CCN(CCc3ccccn3)CC2)cc1OC(F)F. The second-order valence-corrected chi connectivity index (χ2v) is 7.30. The van der Waals surface area contributed by atoms with Crippen molar-refractivity contribution in [1.29, 1.82) is 0 Å². The summed E-state index contributed by atoms with van der Waals surface area (Å²) in [4.78, 5) is 21.3. The Kier molecular flexibility index (Phi) is 7.57. The number of methoxy groups -OCH3 is 1. The molecular weight excluding hydrogens is 392 g/mol. The number of aromatic nitrogens is 1. The Hall–Kier alpha value is -2.74. The van der Waals surface area contributed by atoms with Crippen molar-refractivity contribution in [2.45, 2.75) is 31.9 Å². The highest BCUT2D eigenvalue weighted by Gasteiger charge is 2.26. The zero-order chi connectivity index (χ0) is 21.5. The maximum absolute atomic E-state index is 12.9. The number of rotatable bonds is 8. The summed E-state index contributed by atoms with van der Waals surface area (Å²) in [5.41, 5.74) is 1.37. The third-order valence-corrected chi connectivity index (χ3v) is 5.46. The highest BCUT2D eigenvalue weighted by Crippen LogP contribution is 2.30. The van der Waals surface area contributed by atoms with Gasteiger partial charge in [-0.15, -0.1) is 0 Å². The van der Waals surface area contributed by atoms with Crippen LogP contribution in [0.5, 0.6) is 11.5 Å². The van der Waals surface area contributed by atoms with Gasteiger partial charge in [0.25, 0.3) is 5.91 Å². The summed E-state index contributed by atoms with van der Waals surface area (Å²) in [5.74, 6) is -0.199. The van der Waals surface area contributed by atoms with Crippen LogP contribution >= 0.6 is 0 Å². The van der Waals surface area contributed by atoms with Crippen LogP contribution in [0.3, 0.4) is 0 Å². The van der Waals surface area contributed by atoms with E-state index in [0.717, 1.165) is 44.6 Å². The predicted molar refractivity (Wildman–Crippen MR) is 109 cm³/mol. The van der Waals surface area contributed by atoms with E-state index in [0.29, 0.717) is 5.56 Å². The first kappa shape index (κ1) is 22.0. The van der Waals surface area contributed by atoms with Crippen molar-refractivity contribution in [2.75, 3.05) is 33.8 Å². The number of likely N-dealkylation sites (tertiary alicyclic amines) is 1. The minimum atomic E-state index is -2.99. The molecular formula is C22H27F2N3O3. The Morgan fingerprint density at radius 3 is 2.63 bits per heavy atom. The fourth-order valence-electron chi connectivity index (χ4n) is 3.72. The van der Waals surface area contributed by atoms with E-state index in [9.17, 15) is 13.6 Å². The molecule has 1 amide bonds. The van der Waals surface area contributed by atoms with Crippen molar-refractivity contribution < 1.29 is 23.0 Å². The Bertz CT molecular complexity index is 828. The molecule has 0 atom stereocenters. The molecule has 1 aliphatic rings. The average Bonchev–Trinajstić information content (AvgIpc) is 2.77. The number of carbonyl (C=O) groups is 1. The fourth-order valence-corrected chi connectivity index (χ4v) is 3.72. The highest BCUT2D eigenvalue weighted by molar-refractivity contribution is 5.95. The van der Waals surface area contributed by atoms with E-state index in [2.05, 4.69) is 14.6 Å². The minimum absolute atomic E-state index is 0.102. The van der Waals surface area contributed by atoms with Gasteiger partial charge in [-0.1, -0.05) is 6.07 Å². The second kappa shape index (κ2) is 10.3. The molecule has 0 aliphatic carbocycles. The lowest BCUT2D eigenvalue weighted by Crippen LogP contribution is -2.46. The lowest BCUT2D eigenvalue weighted by molar-refractivity contribution is -0.0512. The number of hydrogen-bond acceptors (Lipinski definition) is 5. The first-order chi connectivity index (χ1) is 14.5. The van der Waals surface area contributed by atoms with Gasteiger partial charge in [0.1, 0.15) is 0 Å². The maximum atomic E-state index is 12.9. The van der Waals surface area contributed by atoms with Gasteiger partial charge in [0.15, 0.2) is 11.5 Å². The third kappa shape index (κ3) is 5.66. The van der Waals surface area contributed by atoms with E-state index in [1.165, 1.54) is 19.2 Å². The van der Waals surface area contributed by atoms with Crippen LogP contribution in [0, 0.1) is 0 Å². The number of halogens is 2. The van der Waals surface area contributed by atoms with Gasteiger partial charge in [0.2, 0.25) is 0 Å². The van der Waals surface area contributed by atoms with Crippen molar-refractivity contribution >= 4 is 5.91 Å². The number of nitrogens with zero attached hydrogens (tertiary/aromatic N) is 3. The molecule has 2 heterocycles. The van der Waals surface area contributed by atoms with E-state index < -0.39 is 6.61 Å². The number of carbonyl (C=O) groups excluding carboxylic acids is 1. The standard InChI is InChI=1S/C22H27F2N3O3/c1-26(21(28)16-6-7-19(29-2)20(15-16)30-22(23)24)18-9-13-27(14-10-18)12-8-17-5-3-4-11-25-17/h3-7,11,15,18,22H,8-10,12-14H2,1-2H3. The smallest absolute Gasteiger partial charge is 0.387 e. The van der Waals surface area contributed by atoms with Crippen LogP contribution in [0.2, 0.25) is 0 Å². The average molecular weight is 419 g/mol. The number of benzene rings is 1. The Labute approximate surface area is 175 Å². The summed E-state index contributed by atoms with van der Waals surface area (Å²) in [5, 5.41) is 0. The molecule has 162 valence electrons. The molecule has 6 nitrogen and oxygen atoms in total. The number of ether oxygens (including phenoxy) is 2. The van der Waals surface area contributed by atoms with Gasteiger partial charge >= 0.3 is 6.61 Å². The van der Waals surface area contributed by atoms with Crippen LogP contribution in [0.15, 0.2) is 42.6 Å². The largest absolute Gasteiger partial charge is 0.493 e. The van der Waals surface area contributed by atoms with Gasteiger partial charge in [0, 0.05) is 56.6 Å². The molecule has 1 aromatic carbocycles. The van der Waals surface area contributed by atoms with Crippen molar-refractivity contribution in [3.8, 4) is 11.5 Å². The van der Waals surface area contributed by atoms with Gasteiger partial charge in [-0.05, 0) is 43.2 Å². The molecule has 3 rings (SSSR count). The van der Waals surface area contributed by atoms with Crippen LogP contribution in [0.4, 0.5) is 8.78 Å². The molecule has 1 fully saturated rings. The maximum Gasteiger partial charge on any atom is 0.387 e. The molecule has 1 aliphatic heterocycles. The summed E-state index contributed by atoms with van der Waals surface area (Å²) in [7, 11) is 3.12. The monoisotopic (exact) mass is 419 g/mol. The van der Waals surface area contributed by atoms with E-state index >= 15 is 0 Å². The van der Waals surface area contributed by atoms with Crippen molar-refractivity contribution in [1.82, 2.24) is 14.8 Å². The molecule has 0 saturated carbocycles. The minimum Gasteiger partial charge on any atom is -0.493 e. The molecule has 2 aromatic rings. The van der Waals surface area contributed by atoms with E-state index in [1.54, 1.807) is 24.2 Å². The number of amides is 1. The van der Waals surface area contributed by atoms with Crippen LogP contribution in [-0.4, -0.2) is 67.1 Å². The summed E-state index contributed by atoms with van der Waals surface area (Å²) >= 11 is 0. The lowest BCUT2D eigenvalue weighted by atomic mass is 10.0. The first-order valence-electron chi connectivity index (χ1n) is 10.00. The van der Waals surface area contributed by atoms with Crippen molar-refractivity contribution in [3.05, 3.63) is 53.9 Å². The Morgan fingerprint density at radius 1 is 1.23 bits per heavy atom. The zero-order valence-corrected chi connectivity index (χ0v) is 17.3. The molecule has 0 spiro atoms. The normalized spacial score (nSPS) is 15.2. The van der Waals surface area contributed by atoms with Crippen LogP contribution in [0.1, 0.15) is 28.9 Å². The van der Waals surface area contributed by atoms with E-state index in [4.69, 9.17) is 4.74 Å². The number of alkyl halides is 2. The fraction of sp³-hybridized carbons (Fsp3) is 0.455. The quantitative estimate of drug-likeness (QED) is 0.656. The lowest BCUT2D eigenvalue weighted by Gasteiger charge is -2.36. The highest BCUT2D eigenvalue weighted by atomic mass is 19.3. The van der Waals surface area contributed by atoms with Crippen LogP contribution < -0.4 is 9.47 Å². The number of hydrogen-bond donors (Lipinski definition) is 0. The van der Waals surface area contributed by atoms with E-state index in [-0.39, 0.29) is 23.4 Å². The summed E-state index contributed by atoms with van der Waals surface area (Å²) in [6.07, 6.45) is 4.43. The van der Waals surface area contributed by atoms with Gasteiger partial charge < -0.3 is 19.3 Å². The Morgan fingerprint density at radius 2 is 2.00 bits per heavy atom.